The Kier molecular flexibility index (Phi) is 28.5. The molecule has 4 unspecified atom stereocenters. The van der Waals surface area contributed by atoms with Gasteiger partial charge in [-0.05, 0) is 85.8 Å². The molecule has 2 aliphatic heterocycles. The summed E-state index contributed by atoms with van der Waals surface area (Å²) in [6, 6.07) is 34.7. The van der Waals surface area contributed by atoms with E-state index in [1.54, 1.807) is 24.3 Å². The predicted octanol–water partition coefficient (Wildman–Crippen LogP) is 7.29. The van der Waals surface area contributed by atoms with Gasteiger partial charge in [-0.25, -0.2) is 26.4 Å². The summed E-state index contributed by atoms with van der Waals surface area (Å²) in [6.07, 6.45) is -1.80. The van der Waals surface area contributed by atoms with Crippen LogP contribution in [0.1, 0.15) is 75.6 Å². The molecule has 0 saturated carbocycles. The average Bonchev–Trinajstić information content (AvgIpc) is 3.43. The normalized spacial score (nSPS) is 15.9. The number of hydrogen-bond donors (Lipinski definition) is 5. The first-order valence-electron chi connectivity index (χ1n) is 26.6. The fourth-order valence-electron chi connectivity index (χ4n) is 8.32. The summed E-state index contributed by atoms with van der Waals surface area (Å²) in [5.41, 5.74) is 3.17. The summed E-state index contributed by atoms with van der Waals surface area (Å²) in [5.74, 6) is 0. The molecule has 20 nitrogen and oxygen atoms in total. The van der Waals surface area contributed by atoms with Crippen molar-refractivity contribution in [2.24, 2.45) is 10.8 Å². The van der Waals surface area contributed by atoms with Crippen molar-refractivity contribution in [1.29, 1.82) is 10.5 Å². The lowest BCUT2D eigenvalue weighted by atomic mass is 9.88. The number of aliphatic hydroxyl groups is 2. The molecule has 0 radical (unpaired) electrons. The molecule has 2 amide bonds. The van der Waals surface area contributed by atoms with Crippen molar-refractivity contribution in [3.05, 3.63) is 131 Å². The van der Waals surface area contributed by atoms with Gasteiger partial charge in [0.1, 0.15) is 13.6 Å². The number of ether oxygens (including phenoxy) is 6. The van der Waals surface area contributed by atoms with Crippen LogP contribution in [0.5, 0.6) is 0 Å². The Morgan fingerprint density at radius 2 is 1.06 bits per heavy atom. The molecule has 81 heavy (non-hydrogen) atoms. The van der Waals surface area contributed by atoms with Crippen molar-refractivity contribution < 1.29 is 65.1 Å². The molecule has 6 rings (SSSR count). The highest BCUT2D eigenvalue weighted by molar-refractivity contribution is 8.13. The summed E-state index contributed by atoms with van der Waals surface area (Å²) in [7, 11) is -2.48. The Bertz CT molecular complexity index is 2810. The third-order valence-electron chi connectivity index (χ3n) is 13.0. The highest BCUT2D eigenvalue weighted by atomic mass is 35.7. The minimum Gasteiger partial charge on any atom is -0.441 e. The van der Waals surface area contributed by atoms with Crippen LogP contribution in [0.15, 0.2) is 119 Å². The first-order valence-corrected chi connectivity index (χ1v) is 30.4. The Hall–Kier alpha value is -5.73. The van der Waals surface area contributed by atoms with E-state index in [4.69, 9.17) is 49.6 Å². The number of nitriles is 2. The molecule has 0 aromatic heterocycles. The van der Waals surface area contributed by atoms with Gasteiger partial charge in [0.2, 0.25) is 10.0 Å². The minimum atomic E-state index is -4.02. The van der Waals surface area contributed by atoms with Crippen molar-refractivity contribution >= 4 is 41.9 Å². The number of aliphatic hydroxyl groups excluding tert-OH is 2. The number of carbonyl (C=O) groups is 2. The van der Waals surface area contributed by atoms with Crippen molar-refractivity contribution in [2.45, 2.75) is 126 Å². The van der Waals surface area contributed by atoms with Gasteiger partial charge in [0, 0.05) is 49.7 Å². The minimum absolute atomic E-state index is 0.0578. The largest absolute Gasteiger partial charge is 0.441 e. The molecule has 2 saturated heterocycles. The fourth-order valence-corrected chi connectivity index (χ4v) is 10.7. The summed E-state index contributed by atoms with van der Waals surface area (Å²) >= 11 is 0. The molecule has 4 aromatic rings. The van der Waals surface area contributed by atoms with Gasteiger partial charge in [-0.3, -0.25) is 0 Å². The first-order chi connectivity index (χ1) is 38.4. The van der Waals surface area contributed by atoms with Gasteiger partial charge in [-0.15, -0.1) is 0 Å². The number of nitrogens with zero attached hydrogens (tertiary/aromatic N) is 3. The second-order valence-corrected chi connectivity index (χ2v) is 25.9. The number of nitrogens with one attached hydrogen (secondary N) is 3. The van der Waals surface area contributed by atoms with Crippen molar-refractivity contribution in [3.8, 4) is 12.1 Å². The van der Waals surface area contributed by atoms with E-state index in [9.17, 15) is 36.6 Å². The van der Waals surface area contributed by atoms with E-state index in [0.29, 0.717) is 45.6 Å². The van der Waals surface area contributed by atoms with Gasteiger partial charge < -0.3 is 54.6 Å². The number of amides is 2. The Morgan fingerprint density at radius 3 is 1.48 bits per heavy atom. The lowest BCUT2D eigenvalue weighted by Crippen LogP contribution is -2.52. The van der Waals surface area contributed by atoms with Crippen LogP contribution in [0.2, 0.25) is 0 Å². The maximum absolute atomic E-state index is 13.8. The number of rotatable bonds is 25. The molecule has 0 bridgehead atoms. The van der Waals surface area contributed by atoms with Crippen LogP contribution in [-0.2, 0) is 60.3 Å². The molecule has 4 aromatic carbocycles. The van der Waals surface area contributed by atoms with E-state index in [2.05, 4.69) is 41.9 Å². The maximum atomic E-state index is 13.8. The van der Waals surface area contributed by atoms with E-state index in [1.165, 1.54) is 28.6 Å². The summed E-state index contributed by atoms with van der Waals surface area (Å²) in [6.45, 7) is 13.7. The Balaban J connectivity index is 0.000000301. The standard InChI is InChI=1S/C29H39N3O7S.C22H33N3O5.C7H7ClO2S/c1-22-10-12-25(13-11-22)40(35,36)32(20-29(2,3)14-7-15-30)17-27(33)26(16-23-8-5-4-6-9-23)31-28(34)39-24-18-37-21-38-19-24;1-22(2,9-6-10-23)15-24-12-20(26)19(11-17-7-4-3-5-8-17)25-21(27)30-18-13-28-16-29-14-18;1-6-2-4-7(5-3-6)11(8,9)10/h4-6,8-13,24,26-27,33H,7,14,16-21H2,1-3H3,(H,31,34);3-5,7-8,18-20,24,26H,6,9,11-16H2,1-2H3,(H,25,27);2-5H,1H3. The Morgan fingerprint density at radius 1 is 0.654 bits per heavy atom. The highest BCUT2D eigenvalue weighted by Gasteiger charge is 2.35. The zero-order valence-electron chi connectivity index (χ0n) is 47.0. The number of alkyl carbamates (subject to hydrolysis) is 2. The third-order valence-corrected chi connectivity index (χ3v) is 16.2. The van der Waals surface area contributed by atoms with Crippen LogP contribution >= 0.6 is 10.7 Å². The van der Waals surface area contributed by atoms with Crippen LogP contribution in [0.4, 0.5) is 9.59 Å². The smallest absolute Gasteiger partial charge is 0.407 e. The van der Waals surface area contributed by atoms with Crippen molar-refractivity contribution in [2.75, 3.05) is 66.2 Å². The number of halogens is 1. The number of carbonyl (C=O) groups excluding carboxylic acids is 2. The number of sulfonamides is 1. The zero-order valence-corrected chi connectivity index (χ0v) is 49.4. The Labute approximate surface area is 482 Å². The monoisotopic (exact) mass is 1180 g/mol. The second-order valence-electron chi connectivity index (χ2n) is 21.4. The number of aryl methyl sites for hydroxylation is 2. The van der Waals surface area contributed by atoms with Crippen molar-refractivity contribution in [3.63, 3.8) is 0 Å². The molecule has 2 aliphatic rings. The molecule has 0 spiro atoms. The number of benzene rings is 4. The zero-order chi connectivity index (χ0) is 59.5. The van der Waals surface area contributed by atoms with E-state index in [-0.39, 0.29) is 67.9 Å². The number of hydrogen-bond acceptors (Lipinski definition) is 17. The summed E-state index contributed by atoms with van der Waals surface area (Å²) in [4.78, 5) is 25.4. The van der Waals surface area contributed by atoms with Gasteiger partial charge in [-0.2, -0.15) is 14.8 Å². The van der Waals surface area contributed by atoms with Crippen LogP contribution in [0.25, 0.3) is 0 Å². The van der Waals surface area contributed by atoms with E-state index in [0.717, 1.165) is 28.7 Å². The van der Waals surface area contributed by atoms with Crippen molar-refractivity contribution in [1.82, 2.24) is 20.3 Å². The average molecular weight is 1180 g/mol. The molecule has 0 aliphatic carbocycles. The lowest BCUT2D eigenvalue weighted by molar-refractivity contribution is -0.151. The van der Waals surface area contributed by atoms with Crippen LogP contribution in [-0.4, -0.2) is 146 Å². The van der Waals surface area contributed by atoms with Crippen LogP contribution < -0.4 is 16.0 Å². The van der Waals surface area contributed by atoms with Gasteiger partial charge in [-0.1, -0.05) is 124 Å². The van der Waals surface area contributed by atoms with Gasteiger partial charge in [0.05, 0.1) is 72.6 Å². The SMILES string of the molecule is CC(C)(CCC#N)CNCC(O)C(Cc1ccccc1)NC(=O)OC1COCOC1.Cc1ccc(S(=O)(=O)Cl)cc1.Cc1ccc(S(=O)(=O)N(CC(O)C(Cc2ccccc2)NC(=O)OC2COCOC2)CC(C)(C)CCC#N)cc1. The molecule has 5 N–H and O–H groups in total. The molecule has 2 fully saturated rings. The van der Waals surface area contributed by atoms with Gasteiger partial charge >= 0.3 is 12.2 Å². The summed E-state index contributed by atoms with van der Waals surface area (Å²) < 4.78 is 81.7. The van der Waals surface area contributed by atoms with E-state index in [1.807, 2.05) is 88.4 Å². The topological polar surface area (TPSA) is 285 Å². The molecule has 444 valence electrons. The van der Waals surface area contributed by atoms with Gasteiger partial charge in [0.15, 0.2) is 12.2 Å². The fraction of sp³-hybridized carbons (Fsp3) is 0.517. The van der Waals surface area contributed by atoms with E-state index < -0.39 is 73.2 Å². The molecular formula is C58H79ClN6O14S2. The molecular weight excluding hydrogens is 1100 g/mol. The molecule has 23 heteroatoms. The van der Waals surface area contributed by atoms with Gasteiger partial charge in [0.25, 0.3) is 9.05 Å². The summed E-state index contributed by atoms with van der Waals surface area (Å²) in [5, 5.41) is 48.9. The predicted molar refractivity (Wildman–Crippen MR) is 305 cm³/mol. The maximum Gasteiger partial charge on any atom is 0.407 e. The first kappa shape index (κ1) is 67.8. The quantitative estimate of drug-likeness (QED) is 0.0407. The third kappa shape index (κ3) is 25.9. The van der Waals surface area contributed by atoms with E-state index >= 15 is 0 Å². The molecule has 2 heterocycles. The second kappa shape index (κ2) is 34.0. The lowest BCUT2D eigenvalue weighted by Gasteiger charge is -2.35. The molecule has 4 atom stereocenters. The van der Waals surface area contributed by atoms with Crippen LogP contribution in [0, 0.1) is 47.3 Å². The van der Waals surface area contributed by atoms with Crippen LogP contribution in [0.3, 0.4) is 0 Å². The highest BCUT2D eigenvalue weighted by Crippen LogP contribution is 2.28.